The van der Waals surface area contributed by atoms with Crippen molar-refractivity contribution in [2.45, 2.75) is 24.8 Å². The fraction of sp³-hybridized carbons (Fsp3) is 0.636. The number of alkyl halides is 3. The number of rotatable bonds is 1. The first-order chi connectivity index (χ1) is 8.67. The van der Waals surface area contributed by atoms with Gasteiger partial charge in [0, 0.05) is 29.7 Å². The number of nitrogens with two attached hydrogens (primary N) is 1. The Balaban J connectivity index is 2.32. The standard InChI is InChI=1S/C11H15F3N4S/c1-10(2)6-18(3-4-19-10)8-5-7(15)16-9(17-8)11(12,13)14/h5H,3-4,6H2,1-2H3,(H2,15,16,17). The molecule has 8 heteroatoms. The van der Waals surface area contributed by atoms with Crippen LogP contribution >= 0.6 is 11.8 Å². The summed E-state index contributed by atoms with van der Waals surface area (Å²) in [5.74, 6) is -0.252. The number of halogens is 3. The number of nitrogen functional groups attached to an aromatic ring is 1. The molecule has 0 atom stereocenters. The molecule has 2 rings (SSSR count). The van der Waals surface area contributed by atoms with E-state index in [2.05, 4.69) is 23.8 Å². The van der Waals surface area contributed by atoms with Crippen molar-refractivity contribution < 1.29 is 13.2 Å². The van der Waals surface area contributed by atoms with Crippen LogP contribution in [0.2, 0.25) is 0 Å². The summed E-state index contributed by atoms with van der Waals surface area (Å²) < 4.78 is 38.0. The van der Waals surface area contributed by atoms with E-state index in [0.29, 0.717) is 13.1 Å². The molecule has 2 N–H and O–H groups in total. The lowest BCUT2D eigenvalue weighted by atomic mass is 10.2. The minimum atomic E-state index is -4.58. The van der Waals surface area contributed by atoms with E-state index >= 15 is 0 Å². The van der Waals surface area contributed by atoms with Gasteiger partial charge in [0.15, 0.2) is 0 Å². The van der Waals surface area contributed by atoms with Crippen LogP contribution < -0.4 is 10.6 Å². The highest BCUT2D eigenvalue weighted by atomic mass is 32.2. The Morgan fingerprint density at radius 1 is 1.37 bits per heavy atom. The smallest absolute Gasteiger partial charge is 0.384 e. The Labute approximate surface area is 113 Å². The van der Waals surface area contributed by atoms with E-state index in [1.54, 1.807) is 11.8 Å². The van der Waals surface area contributed by atoms with Crippen molar-refractivity contribution in [3.63, 3.8) is 0 Å². The van der Waals surface area contributed by atoms with Gasteiger partial charge in [-0.3, -0.25) is 0 Å². The van der Waals surface area contributed by atoms with E-state index in [9.17, 15) is 13.2 Å². The zero-order valence-corrected chi connectivity index (χ0v) is 11.5. The van der Waals surface area contributed by atoms with Gasteiger partial charge in [-0.1, -0.05) is 0 Å². The Hall–Kier alpha value is -1.18. The van der Waals surface area contributed by atoms with Crippen molar-refractivity contribution in [3.8, 4) is 0 Å². The van der Waals surface area contributed by atoms with Gasteiger partial charge in [0.1, 0.15) is 11.6 Å². The van der Waals surface area contributed by atoms with Crippen LogP contribution in [0.15, 0.2) is 6.07 Å². The van der Waals surface area contributed by atoms with Crippen LogP contribution in [0.1, 0.15) is 19.7 Å². The quantitative estimate of drug-likeness (QED) is 0.861. The lowest BCUT2D eigenvalue weighted by Gasteiger charge is -2.38. The van der Waals surface area contributed by atoms with Crippen molar-refractivity contribution in [1.82, 2.24) is 9.97 Å². The van der Waals surface area contributed by atoms with Gasteiger partial charge in [0.2, 0.25) is 5.82 Å². The van der Waals surface area contributed by atoms with E-state index in [1.807, 2.05) is 4.90 Å². The molecular weight excluding hydrogens is 277 g/mol. The molecule has 0 spiro atoms. The molecule has 19 heavy (non-hydrogen) atoms. The Bertz CT molecular complexity index is 475. The molecular formula is C11H15F3N4S. The van der Waals surface area contributed by atoms with Crippen LogP contribution in [0.5, 0.6) is 0 Å². The maximum atomic E-state index is 12.7. The van der Waals surface area contributed by atoms with Crippen LogP contribution in [0, 0.1) is 0 Å². The van der Waals surface area contributed by atoms with Crippen molar-refractivity contribution in [2.24, 2.45) is 0 Å². The molecule has 0 amide bonds. The first-order valence-electron chi connectivity index (χ1n) is 5.78. The van der Waals surface area contributed by atoms with E-state index in [-0.39, 0.29) is 16.4 Å². The van der Waals surface area contributed by atoms with Crippen molar-refractivity contribution in [2.75, 3.05) is 29.5 Å². The summed E-state index contributed by atoms with van der Waals surface area (Å²) in [4.78, 5) is 8.66. The van der Waals surface area contributed by atoms with E-state index in [0.717, 1.165) is 5.75 Å². The molecule has 0 bridgehead atoms. The number of hydrogen-bond donors (Lipinski definition) is 1. The van der Waals surface area contributed by atoms with Gasteiger partial charge in [-0.25, -0.2) is 9.97 Å². The number of anilines is 2. The molecule has 0 aromatic carbocycles. The third-order valence-electron chi connectivity index (χ3n) is 2.74. The van der Waals surface area contributed by atoms with Crippen LogP contribution in [0.25, 0.3) is 0 Å². The fourth-order valence-electron chi connectivity index (χ4n) is 1.95. The molecule has 1 aromatic rings. The first kappa shape index (κ1) is 14.2. The highest BCUT2D eigenvalue weighted by molar-refractivity contribution is 8.00. The minimum absolute atomic E-state index is 0.0175. The SMILES string of the molecule is CC1(C)CN(c2cc(N)nc(C(F)(F)F)n2)CCS1. The van der Waals surface area contributed by atoms with Crippen LogP contribution in [0.3, 0.4) is 0 Å². The summed E-state index contributed by atoms with van der Waals surface area (Å²) in [5, 5.41) is 0. The molecule has 1 aliphatic rings. The molecule has 0 unspecified atom stereocenters. The number of nitrogens with zero attached hydrogens (tertiary/aromatic N) is 3. The van der Waals surface area contributed by atoms with E-state index in [4.69, 9.17) is 5.73 Å². The van der Waals surface area contributed by atoms with Crippen molar-refractivity contribution in [1.29, 1.82) is 0 Å². The first-order valence-corrected chi connectivity index (χ1v) is 6.77. The third-order valence-corrected chi connectivity index (χ3v) is 4.03. The van der Waals surface area contributed by atoms with Crippen LogP contribution in [-0.2, 0) is 6.18 Å². The second kappa shape index (κ2) is 4.73. The monoisotopic (exact) mass is 292 g/mol. The number of aromatic nitrogens is 2. The maximum Gasteiger partial charge on any atom is 0.451 e. The number of thioether (sulfide) groups is 1. The van der Waals surface area contributed by atoms with Gasteiger partial charge in [0.25, 0.3) is 0 Å². The maximum absolute atomic E-state index is 12.7. The van der Waals surface area contributed by atoms with Crippen molar-refractivity contribution in [3.05, 3.63) is 11.9 Å². The number of hydrogen-bond acceptors (Lipinski definition) is 5. The highest BCUT2D eigenvalue weighted by Crippen LogP contribution is 2.33. The second-order valence-corrected chi connectivity index (χ2v) is 6.80. The van der Waals surface area contributed by atoms with E-state index in [1.165, 1.54) is 6.07 Å². The summed E-state index contributed by atoms with van der Waals surface area (Å²) in [6.45, 7) is 5.39. The zero-order chi connectivity index (χ0) is 14.3. The van der Waals surface area contributed by atoms with Gasteiger partial charge in [-0.2, -0.15) is 24.9 Å². The highest BCUT2D eigenvalue weighted by Gasteiger charge is 2.36. The van der Waals surface area contributed by atoms with Gasteiger partial charge < -0.3 is 10.6 Å². The van der Waals surface area contributed by atoms with Gasteiger partial charge in [-0.15, -0.1) is 0 Å². The third kappa shape index (κ3) is 3.43. The lowest BCUT2D eigenvalue weighted by Crippen LogP contribution is -2.43. The summed E-state index contributed by atoms with van der Waals surface area (Å²) in [5.41, 5.74) is 5.45. The summed E-state index contributed by atoms with van der Waals surface area (Å²) in [7, 11) is 0. The molecule has 1 saturated heterocycles. The molecule has 1 aromatic heterocycles. The molecule has 1 fully saturated rings. The molecule has 0 aliphatic carbocycles. The van der Waals surface area contributed by atoms with Gasteiger partial charge in [-0.05, 0) is 13.8 Å². The second-order valence-electron chi connectivity index (χ2n) is 5.00. The summed E-state index contributed by atoms with van der Waals surface area (Å²) >= 11 is 1.79. The minimum Gasteiger partial charge on any atom is -0.384 e. The van der Waals surface area contributed by atoms with Crippen LogP contribution in [-0.4, -0.2) is 33.6 Å². The van der Waals surface area contributed by atoms with Crippen molar-refractivity contribution >= 4 is 23.4 Å². The molecule has 4 nitrogen and oxygen atoms in total. The van der Waals surface area contributed by atoms with Gasteiger partial charge in [0.05, 0.1) is 0 Å². The predicted octanol–water partition coefficient (Wildman–Crippen LogP) is 2.41. The Morgan fingerprint density at radius 3 is 2.63 bits per heavy atom. The largest absolute Gasteiger partial charge is 0.451 e. The predicted molar refractivity (Wildman–Crippen MR) is 70.2 cm³/mol. The normalized spacial score (nSPS) is 19.5. The average molecular weight is 292 g/mol. The molecule has 1 aliphatic heterocycles. The fourth-order valence-corrected chi connectivity index (χ4v) is 3.06. The van der Waals surface area contributed by atoms with E-state index < -0.39 is 12.0 Å². The summed E-state index contributed by atoms with van der Waals surface area (Å²) in [6.07, 6.45) is -4.58. The molecule has 2 heterocycles. The Kier molecular flexibility index (Phi) is 3.55. The van der Waals surface area contributed by atoms with Crippen LogP contribution in [0.4, 0.5) is 24.8 Å². The Morgan fingerprint density at radius 2 is 2.05 bits per heavy atom. The van der Waals surface area contributed by atoms with Gasteiger partial charge >= 0.3 is 6.18 Å². The molecule has 0 saturated carbocycles. The summed E-state index contributed by atoms with van der Waals surface area (Å²) in [6, 6.07) is 1.39. The lowest BCUT2D eigenvalue weighted by molar-refractivity contribution is -0.144. The topological polar surface area (TPSA) is 55.0 Å². The average Bonchev–Trinajstić information content (AvgIpc) is 2.25. The molecule has 106 valence electrons. The zero-order valence-electron chi connectivity index (χ0n) is 10.7. The molecule has 0 radical (unpaired) electrons.